The summed E-state index contributed by atoms with van der Waals surface area (Å²) in [6, 6.07) is 13.5. The standard InChI is InChI=1S/C28H26F5N3O3/c1-16-10-18(12-19(11-16)28(31,32)33)25-17(2)36(26(37)39-25)13-22-20(21-6-4-5-7-23(21)38-3)8-9-24(34-22)35-14-27(29,30)15-35/h4-12,17,25H,13-15H2,1-3H3. The van der Waals surface area contributed by atoms with Gasteiger partial charge in [-0.1, -0.05) is 29.8 Å². The van der Waals surface area contributed by atoms with Crippen LogP contribution in [0.5, 0.6) is 5.75 Å². The van der Waals surface area contributed by atoms with Crippen molar-refractivity contribution in [3.05, 3.63) is 77.0 Å². The molecule has 2 atom stereocenters. The molecule has 0 saturated carbocycles. The highest BCUT2D eigenvalue weighted by Gasteiger charge is 2.45. The highest BCUT2D eigenvalue weighted by molar-refractivity contribution is 5.75. The van der Waals surface area contributed by atoms with Crippen molar-refractivity contribution in [3.8, 4) is 16.9 Å². The summed E-state index contributed by atoms with van der Waals surface area (Å²) >= 11 is 0. The molecule has 0 aliphatic carbocycles. The van der Waals surface area contributed by atoms with Gasteiger partial charge in [0.1, 0.15) is 17.7 Å². The minimum Gasteiger partial charge on any atom is -0.496 e. The van der Waals surface area contributed by atoms with Crippen LogP contribution >= 0.6 is 0 Å². The number of para-hydroxylation sites is 1. The van der Waals surface area contributed by atoms with Crippen LogP contribution in [-0.4, -0.2) is 48.1 Å². The number of aromatic nitrogens is 1. The van der Waals surface area contributed by atoms with Gasteiger partial charge in [-0.05, 0) is 49.7 Å². The van der Waals surface area contributed by atoms with Crippen molar-refractivity contribution in [1.29, 1.82) is 0 Å². The molecule has 11 heteroatoms. The number of cyclic esters (lactones) is 1. The molecule has 1 amide bonds. The van der Waals surface area contributed by atoms with Crippen LogP contribution in [0.25, 0.3) is 11.1 Å². The second-order valence-electron chi connectivity index (χ2n) is 9.88. The second kappa shape index (κ2) is 9.69. The number of methoxy groups -OCH3 is 1. The Kier molecular flexibility index (Phi) is 6.64. The number of nitrogens with zero attached hydrogens (tertiary/aromatic N) is 3. The number of hydrogen-bond acceptors (Lipinski definition) is 5. The van der Waals surface area contributed by atoms with Gasteiger partial charge in [0, 0.05) is 11.1 Å². The fraction of sp³-hybridized carbons (Fsp3) is 0.357. The highest BCUT2D eigenvalue weighted by atomic mass is 19.4. The number of rotatable bonds is 6. The number of alkyl halides is 5. The zero-order chi connectivity index (χ0) is 28.1. The minimum atomic E-state index is -4.55. The van der Waals surface area contributed by atoms with Crippen LogP contribution in [0.3, 0.4) is 0 Å². The van der Waals surface area contributed by atoms with Crippen molar-refractivity contribution in [2.45, 2.75) is 44.6 Å². The lowest BCUT2D eigenvalue weighted by Gasteiger charge is -2.39. The third-order valence-electron chi connectivity index (χ3n) is 6.99. The maximum atomic E-state index is 13.6. The predicted octanol–water partition coefficient (Wildman–Crippen LogP) is 6.62. The minimum absolute atomic E-state index is 0.0557. The molecule has 0 spiro atoms. The van der Waals surface area contributed by atoms with Crippen molar-refractivity contribution < 1.29 is 36.2 Å². The van der Waals surface area contributed by atoms with Crippen molar-refractivity contribution in [3.63, 3.8) is 0 Å². The first-order valence-corrected chi connectivity index (χ1v) is 12.3. The summed E-state index contributed by atoms with van der Waals surface area (Å²) in [4.78, 5) is 20.5. The van der Waals surface area contributed by atoms with Gasteiger partial charge in [-0.25, -0.2) is 18.6 Å². The zero-order valence-corrected chi connectivity index (χ0v) is 21.4. The normalized spacial score (nSPS) is 20.6. The molecule has 1 aromatic heterocycles. The van der Waals surface area contributed by atoms with E-state index in [1.165, 1.54) is 16.9 Å². The van der Waals surface area contributed by atoms with E-state index in [2.05, 4.69) is 4.98 Å². The Labute approximate surface area is 222 Å². The lowest BCUT2D eigenvalue weighted by atomic mass is 9.97. The average Bonchev–Trinajstić information content (AvgIpc) is 3.14. The van der Waals surface area contributed by atoms with Gasteiger partial charge in [0.2, 0.25) is 0 Å². The lowest BCUT2D eigenvalue weighted by Crippen LogP contribution is -2.56. The van der Waals surface area contributed by atoms with E-state index in [9.17, 15) is 26.7 Å². The van der Waals surface area contributed by atoms with Gasteiger partial charge in [0.15, 0.2) is 0 Å². The molecule has 2 unspecified atom stereocenters. The number of pyridine rings is 1. The Balaban J connectivity index is 1.50. The van der Waals surface area contributed by atoms with Gasteiger partial charge in [-0.15, -0.1) is 0 Å². The van der Waals surface area contributed by atoms with E-state index in [4.69, 9.17) is 9.47 Å². The highest BCUT2D eigenvalue weighted by Crippen LogP contribution is 2.40. The number of ether oxygens (including phenoxy) is 2. The van der Waals surface area contributed by atoms with Crippen molar-refractivity contribution >= 4 is 11.9 Å². The Hall–Kier alpha value is -3.89. The van der Waals surface area contributed by atoms with E-state index < -0.39 is 49.0 Å². The predicted molar refractivity (Wildman–Crippen MR) is 134 cm³/mol. The molecule has 2 fully saturated rings. The molecule has 2 saturated heterocycles. The Morgan fingerprint density at radius 3 is 2.46 bits per heavy atom. The van der Waals surface area contributed by atoms with Crippen LogP contribution in [0.15, 0.2) is 54.6 Å². The van der Waals surface area contributed by atoms with Crippen LogP contribution in [0.4, 0.5) is 32.6 Å². The van der Waals surface area contributed by atoms with Gasteiger partial charge < -0.3 is 14.4 Å². The van der Waals surface area contributed by atoms with Gasteiger partial charge in [0.05, 0.1) is 44.0 Å². The molecule has 0 radical (unpaired) electrons. The summed E-state index contributed by atoms with van der Waals surface area (Å²) in [5.74, 6) is -1.91. The van der Waals surface area contributed by atoms with Crippen LogP contribution in [-0.2, 0) is 17.5 Å². The van der Waals surface area contributed by atoms with Crippen molar-refractivity contribution in [2.75, 3.05) is 25.1 Å². The first kappa shape index (κ1) is 26.7. The Morgan fingerprint density at radius 2 is 1.79 bits per heavy atom. The van der Waals surface area contributed by atoms with Crippen molar-refractivity contribution in [1.82, 2.24) is 9.88 Å². The van der Waals surface area contributed by atoms with Gasteiger partial charge in [-0.3, -0.25) is 4.90 Å². The molecule has 2 aliphatic heterocycles. The summed E-state index contributed by atoms with van der Waals surface area (Å²) in [6.45, 7) is 2.25. The average molecular weight is 548 g/mol. The van der Waals surface area contributed by atoms with Crippen molar-refractivity contribution in [2.24, 2.45) is 0 Å². The van der Waals surface area contributed by atoms with Gasteiger partial charge in [0.25, 0.3) is 5.92 Å². The van der Waals surface area contributed by atoms with E-state index in [0.29, 0.717) is 34.0 Å². The first-order valence-electron chi connectivity index (χ1n) is 12.3. The SMILES string of the molecule is COc1ccccc1-c1ccc(N2CC(F)(F)C2)nc1CN1C(=O)OC(c2cc(C)cc(C(F)(F)F)c2)C1C. The maximum Gasteiger partial charge on any atom is 0.416 e. The number of carbonyl (C=O) groups excluding carboxylic acids is 1. The molecule has 206 valence electrons. The summed E-state index contributed by atoms with van der Waals surface area (Å²) in [5, 5.41) is 0. The summed E-state index contributed by atoms with van der Waals surface area (Å²) in [7, 11) is 1.52. The molecule has 3 heterocycles. The van der Waals surface area contributed by atoms with Crippen LogP contribution in [0.1, 0.15) is 35.4 Å². The third kappa shape index (κ3) is 5.22. The molecule has 5 rings (SSSR count). The molecule has 3 aromatic rings. The number of halogens is 5. The molecule has 39 heavy (non-hydrogen) atoms. The summed E-state index contributed by atoms with van der Waals surface area (Å²) < 4.78 is 78.5. The molecule has 2 aliphatic rings. The number of anilines is 1. The number of carbonyl (C=O) groups is 1. The molecule has 0 bridgehead atoms. The van der Waals surface area contributed by atoms with Gasteiger partial charge >= 0.3 is 12.3 Å². The molecule has 6 nitrogen and oxygen atoms in total. The monoisotopic (exact) mass is 547 g/mol. The topological polar surface area (TPSA) is 54.9 Å². The van der Waals surface area contributed by atoms with E-state index in [0.717, 1.165) is 12.1 Å². The molecule has 0 N–H and O–H groups in total. The molecular weight excluding hydrogens is 521 g/mol. The summed E-state index contributed by atoms with van der Waals surface area (Å²) in [5.41, 5.74) is 1.53. The molecule has 2 aromatic carbocycles. The Bertz CT molecular complexity index is 1400. The first-order chi connectivity index (χ1) is 18.4. The maximum absolute atomic E-state index is 13.6. The second-order valence-corrected chi connectivity index (χ2v) is 9.88. The van der Waals surface area contributed by atoms with E-state index >= 15 is 0 Å². The number of aryl methyl sites for hydroxylation is 1. The van der Waals surface area contributed by atoms with Crippen LogP contribution < -0.4 is 9.64 Å². The fourth-order valence-corrected chi connectivity index (χ4v) is 5.03. The van der Waals surface area contributed by atoms with E-state index in [-0.39, 0.29) is 12.1 Å². The van der Waals surface area contributed by atoms with Gasteiger partial charge in [-0.2, -0.15) is 13.2 Å². The summed E-state index contributed by atoms with van der Waals surface area (Å²) in [6.07, 6.45) is -6.20. The largest absolute Gasteiger partial charge is 0.496 e. The lowest BCUT2D eigenvalue weighted by molar-refractivity contribution is -0.137. The number of amides is 1. The fourth-order valence-electron chi connectivity index (χ4n) is 5.03. The third-order valence-corrected chi connectivity index (χ3v) is 6.99. The smallest absolute Gasteiger partial charge is 0.416 e. The Morgan fingerprint density at radius 1 is 1.08 bits per heavy atom. The number of hydrogen-bond donors (Lipinski definition) is 0. The van der Waals surface area contributed by atoms with E-state index in [1.807, 2.05) is 12.1 Å². The van der Waals surface area contributed by atoms with E-state index in [1.54, 1.807) is 44.2 Å². The zero-order valence-electron chi connectivity index (χ0n) is 21.4. The van der Waals surface area contributed by atoms with Crippen LogP contribution in [0.2, 0.25) is 0 Å². The number of benzene rings is 2. The molecular formula is C28H26F5N3O3. The quantitative estimate of drug-likeness (QED) is 0.325. The van der Waals surface area contributed by atoms with Crippen LogP contribution in [0, 0.1) is 6.92 Å².